The largest absolute Gasteiger partial charge is 0.336 e. The molecule has 0 unspecified atom stereocenters. The summed E-state index contributed by atoms with van der Waals surface area (Å²) in [5, 5.41) is 4.33. The van der Waals surface area contributed by atoms with Gasteiger partial charge in [0.2, 0.25) is 5.91 Å². The van der Waals surface area contributed by atoms with E-state index in [2.05, 4.69) is 5.32 Å². The van der Waals surface area contributed by atoms with E-state index in [0.29, 0.717) is 21.6 Å². The second kappa shape index (κ2) is 7.24. The number of nitrogens with one attached hydrogen (secondary N) is 1. The van der Waals surface area contributed by atoms with Crippen LogP contribution in [-0.2, 0) is 11.3 Å². The number of aromatic nitrogens is 2. The van der Waals surface area contributed by atoms with Gasteiger partial charge in [0.1, 0.15) is 17.1 Å². The van der Waals surface area contributed by atoms with Gasteiger partial charge in [-0.25, -0.2) is 13.8 Å². The summed E-state index contributed by atoms with van der Waals surface area (Å²) in [6.07, 6.45) is 0. The van der Waals surface area contributed by atoms with Gasteiger partial charge in [0.05, 0.1) is 11.2 Å². The molecule has 0 spiro atoms. The Balaban J connectivity index is 1.77. The first kappa shape index (κ1) is 17.9. The first-order valence-electron chi connectivity index (χ1n) is 8.38. The molecule has 1 amide bonds. The fourth-order valence-electron chi connectivity index (χ4n) is 2.92. The fraction of sp³-hybridized carbons (Fsp3) is 0.0500. The van der Waals surface area contributed by atoms with Gasteiger partial charge in [-0.3, -0.25) is 14.2 Å². The fourth-order valence-corrected chi connectivity index (χ4v) is 3.75. The summed E-state index contributed by atoms with van der Waals surface area (Å²) in [6.45, 7) is -0.281. The highest BCUT2D eigenvalue weighted by molar-refractivity contribution is 7.17. The van der Waals surface area contributed by atoms with Crippen LogP contribution in [0.5, 0.6) is 0 Å². The van der Waals surface area contributed by atoms with E-state index >= 15 is 0 Å². The summed E-state index contributed by atoms with van der Waals surface area (Å²) < 4.78 is 15.7. The lowest BCUT2D eigenvalue weighted by Gasteiger charge is -2.12. The van der Waals surface area contributed by atoms with Gasteiger partial charge in [-0.05, 0) is 47.8 Å². The average molecular weight is 395 g/mol. The van der Waals surface area contributed by atoms with Crippen LogP contribution >= 0.6 is 11.3 Å². The van der Waals surface area contributed by atoms with Crippen LogP contribution in [0.4, 0.5) is 10.1 Å². The van der Waals surface area contributed by atoms with Crippen molar-refractivity contribution in [1.29, 1.82) is 0 Å². The molecular weight excluding hydrogens is 381 g/mol. The summed E-state index contributed by atoms with van der Waals surface area (Å²) in [4.78, 5) is 38.3. The number of benzene rings is 2. The number of amides is 1. The van der Waals surface area contributed by atoms with E-state index in [1.807, 2.05) is 0 Å². The van der Waals surface area contributed by atoms with Gasteiger partial charge in [-0.2, -0.15) is 0 Å². The predicted molar refractivity (Wildman–Crippen MR) is 107 cm³/mol. The zero-order chi connectivity index (χ0) is 19.7. The van der Waals surface area contributed by atoms with Crippen molar-refractivity contribution in [2.75, 3.05) is 5.32 Å². The lowest BCUT2D eigenvalue weighted by molar-refractivity contribution is -0.116. The Morgan fingerprint density at radius 3 is 2.43 bits per heavy atom. The summed E-state index contributed by atoms with van der Waals surface area (Å²) in [5.74, 6) is -0.872. The molecule has 140 valence electrons. The van der Waals surface area contributed by atoms with Crippen molar-refractivity contribution in [2.45, 2.75) is 6.54 Å². The molecule has 2 aromatic carbocycles. The lowest BCUT2D eigenvalue weighted by atomic mass is 10.3. The molecule has 4 rings (SSSR count). The first-order valence-corrected chi connectivity index (χ1v) is 9.26. The minimum Gasteiger partial charge on any atom is -0.325 e. The number of para-hydroxylation sites is 1. The molecule has 4 aromatic rings. The zero-order valence-corrected chi connectivity index (χ0v) is 15.3. The summed E-state index contributed by atoms with van der Waals surface area (Å²) in [6, 6.07) is 15.5. The highest BCUT2D eigenvalue weighted by atomic mass is 32.1. The van der Waals surface area contributed by atoms with Crippen molar-refractivity contribution < 1.29 is 9.18 Å². The number of hydrogen-bond acceptors (Lipinski definition) is 4. The minimum atomic E-state index is -0.601. The van der Waals surface area contributed by atoms with Gasteiger partial charge in [0.25, 0.3) is 5.56 Å². The number of halogens is 1. The van der Waals surface area contributed by atoms with Crippen LogP contribution in [0.15, 0.2) is 75.6 Å². The molecular formula is C20H14FN3O3S. The molecule has 1 N–H and O–H groups in total. The molecule has 0 aliphatic rings. The van der Waals surface area contributed by atoms with Gasteiger partial charge in [0, 0.05) is 5.69 Å². The molecule has 2 heterocycles. The van der Waals surface area contributed by atoms with Crippen molar-refractivity contribution >= 4 is 33.1 Å². The Morgan fingerprint density at radius 2 is 1.71 bits per heavy atom. The van der Waals surface area contributed by atoms with E-state index in [1.54, 1.807) is 41.8 Å². The number of carbonyl (C=O) groups is 1. The monoisotopic (exact) mass is 395 g/mol. The Morgan fingerprint density at radius 1 is 1.00 bits per heavy atom. The van der Waals surface area contributed by atoms with Gasteiger partial charge in [-0.15, -0.1) is 11.3 Å². The maximum atomic E-state index is 13.0. The molecule has 0 saturated carbocycles. The number of hydrogen-bond donors (Lipinski definition) is 1. The minimum absolute atomic E-state index is 0.281. The molecule has 0 radical (unpaired) electrons. The number of rotatable bonds is 4. The molecule has 0 aliphatic heterocycles. The molecule has 0 bridgehead atoms. The van der Waals surface area contributed by atoms with Crippen LogP contribution in [0.2, 0.25) is 0 Å². The molecule has 28 heavy (non-hydrogen) atoms. The Labute approximate surface area is 162 Å². The Kier molecular flexibility index (Phi) is 4.62. The molecule has 2 aromatic heterocycles. The predicted octanol–water partition coefficient (Wildman–Crippen LogP) is 2.99. The summed E-state index contributed by atoms with van der Waals surface area (Å²) in [5.41, 5.74) is 0.229. The third-order valence-corrected chi connectivity index (χ3v) is 5.09. The van der Waals surface area contributed by atoms with Crippen molar-refractivity contribution in [3.8, 4) is 5.69 Å². The quantitative estimate of drug-likeness (QED) is 0.577. The molecule has 6 nitrogen and oxygen atoms in total. The SMILES string of the molecule is O=C(Cn1c(=O)n(-c2ccccc2)c(=O)c2sccc21)Nc1ccc(F)cc1. The van der Waals surface area contributed by atoms with Crippen molar-refractivity contribution in [2.24, 2.45) is 0 Å². The number of anilines is 1. The topological polar surface area (TPSA) is 73.1 Å². The maximum Gasteiger partial charge on any atom is 0.336 e. The highest BCUT2D eigenvalue weighted by Gasteiger charge is 2.17. The third kappa shape index (κ3) is 3.25. The van der Waals surface area contributed by atoms with Gasteiger partial charge >= 0.3 is 5.69 Å². The van der Waals surface area contributed by atoms with E-state index in [-0.39, 0.29) is 6.54 Å². The second-order valence-electron chi connectivity index (χ2n) is 6.03. The van der Waals surface area contributed by atoms with E-state index in [9.17, 15) is 18.8 Å². The van der Waals surface area contributed by atoms with E-state index < -0.39 is 23.0 Å². The van der Waals surface area contributed by atoms with Crippen LogP contribution in [0, 0.1) is 5.82 Å². The number of fused-ring (bicyclic) bond motifs is 1. The standard InChI is InChI=1S/C20H14FN3O3S/c21-13-6-8-14(9-7-13)22-17(25)12-23-16-10-11-28-18(16)19(26)24(20(23)27)15-4-2-1-3-5-15/h1-11H,12H2,(H,22,25). The average Bonchev–Trinajstić information content (AvgIpc) is 3.18. The number of nitrogens with zero attached hydrogens (tertiary/aromatic N) is 2. The first-order chi connectivity index (χ1) is 13.5. The molecule has 8 heteroatoms. The van der Waals surface area contributed by atoms with Crippen LogP contribution in [-0.4, -0.2) is 15.0 Å². The molecule has 0 atom stereocenters. The van der Waals surface area contributed by atoms with E-state index in [1.165, 1.54) is 40.2 Å². The van der Waals surface area contributed by atoms with Crippen molar-refractivity contribution in [3.05, 3.63) is 92.7 Å². The maximum absolute atomic E-state index is 13.0. The lowest BCUT2D eigenvalue weighted by Crippen LogP contribution is -2.40. The van der Waals surface area contributed by atoms with Crippen molar-refractivity contribution in [1.82, 2.24) is 9.13 Å². The summed E-state index contributed by atoms with van der Waals surface area (Å²) in [7, 11) is 0. The second-order valence-corrected chi connectivity index (χ2v) is 6.95. The molecule has 0 fully saturated rings. The van der Waals surface area contributed by atoms with Crippen LogP contribution in [0.1, 0.15) is 0 Å². The van der Waals surface area contributed by atoms with Gasteiger partial charge in [-0.1, -0.05) is 18.2 Å². The van der Waals surface area contributed by atoms with Gasteiger partial charge in [0.15, 0.2) is 0 Å². The van der Waals surface area contributed by atoms with Crippen molar-refractivity contribution in [3.63, 3.8) is 0 Å². The Bertz CT molecular complexity index is 1270. The van der Waals surface area contributed by atoms with Crippen LogP contribution < -0.4 is 16.6 Å². The number of carbonyl (C=O) groups excluding carboxylic acids is 1. The van der Waals surface area contributed by atoms with Crippen LogP contribution in [0.25, 0.3) is 15.9 Å². The molecule has 0 aliphatic carbocycles. The van der Waals surface area contributed by atoms with Gasteiger partial charge < -0.3 is 5.32 Å². The zero-order valence-electron chi connectivity index (χ0n) is 14.5. The van der Waals surface area contributed by atoms with E-state index in [4.69, 9.17) is 0 Å². The Hall–Kier alpha value is -3.52. The summed E-state index contributed by atoms with van der Waals surface area (Å²) >= 11 is 1.21. The smallest absolute Gasteiger partial charge is 0.325 e. The molecule has 0 saturated heterocycles. The number of thiophene rings is 1. The van der Waals surface area contributed by atoms with Crippen LogP contribution in [0.3, 0.4) is 0 Å². The third-order valence-electron chi connectivity index (χ3n) is 4.20. The normalized spacial score (nSPS) is 10.9. The van der Waals surface area contributed by atoms with E-state index in [0.717, 1.165) is 4.57 Å². The highest BCUT2D eigenvalue weighted by Crippen LogP contribution is 2.17.